The molecule has 0 aliphatic rings. The Bertz CT molecular complexity index is 109. The van der Waals surface area contributed by atoms with Gasteiger partial charge in [-0.05, 0) is 6.92 Å². The predicted octanol–water partition coefficient (Wildman–Crippen LogP) is -2.59. The van der Waals surface area contributed by atoms with Crippen molar-refractivity contribution in [3.63, 3.8) is 0 Å². The van der Waals surface area contributed by atoms with Crippen LogP contribution in [0.15, 0.2) is 0 Å². The van der Waals surface area contributed by atoms with Gasteiger partial charge in [-0.3, -0.25) is 0 Å². The maximum Gasteiger partial charge on any atom is 0.109 e. The van der Waals surface area contributed by atoms with Crippen molar-refractivity contribution in [2.45, 2.75) is 31.3 Å². The van der Waals surface area contributed by atoms with Gasteiger partial charge in [0.25, 0.3) is 0 Å². The minimum atomic E-state index is -1.39. The van der Waals surface area contributed by atoms with Crippen molar-refractivity contribution >= 4 is 0 Å². The van der Waals surface area contributed by atoms with Crippen LogP contribution < -0.4 is 5.73 Å². The fraction of sp³-hybridized carbons (Fsp3) is 1.00. The summed E-state index contributed by atoms with van der Waals surface area (Å²) >= 11 is 0. The second-order valence-electron chi connectivity index (χ2n) is 2.52. The van der Waals surface area contributed by atoms with E-state index in [2.05, 4.69) is 0 Å². The van der Waals surface area contributed by atoms with E-state index in [0.717, 1.165) is 0 Å². The fourth-order valence-corrected chi connectivity index (χ4v) is 0.652. The molecule has 0 radical (unpaired) electrons. The highest BCUT2D eigenvalue weighted by Gasteiger charge is 2.26. The van der Waals surface area contributed by atoms with E-state index in [1.165, 1.54) is 6.92 Å². The fourth-order valence-electron chi connectivity index (χ4n) is 0.652. The molecule has 0 aromatic rings. The summed E-state index contributed by atoms with van der Waals surface area (Å²) in [7, 11) is 0. The molecule has 5 heteroatoms. The van der Waals surface area contributed by atoms with Gasteiger partial charge >= 0.3 is 0 Å². The van der Waals surface area contributed by atoms with Gasteiger partial charge in [-0.15, -0.1) is 0 Å². The zero-order valence-corrected chi connectivity index (χ0v) is 6.38. The summed E-state index contributed by atoms with van der Waals surface area (Å²) in [5, 5.41) is 35.7. The standard InChI is InChI=1S/C6H15NO4/c1-3(8)5(10)6(11)4(9)2-7/h3-6,8-11H,2,7H2,1H3/t3-,4-,5-,6-/m0/s1. The van der Waals surface area contributed by atoms with Gasteiger partial charge in [-0.1, -0.05) is 0 Å². The smallest absolute Gasteiger partial charge is 0.109 e. The number of hydrogen-bond donors (Lipinski definition) is 5. The lowest BCUT2D eigenvalue weighted by Gasteiger charge is -2.23. The first kappa shape index (κ1) is 10.8. The highest BCUT2D eigenvalue weighted by atomic mass is 16.4. The zero-order valence-electron chi connectivity index (χ0n) is 6.38. The van der Waals surface area contributed by atoms with Crippen LogP contribution in [-0.4, -0.2) is 51.4 Å². The molecule has 0 aliphatic heterocycles. The van der Waals surface area contributed by atoms with E-state index in [1.54, 1.807) is 0 Å². The molecule has 5 nitrogen and oxygen atoms in total. The average Bonchev–Trinajstić information content (AvgIpc) is 2.00. The second-order valence-corrected chi connectivity index (χ2v) is 2.52. The van der Waals surface area contributed by atoms with E-state index in [4.69, 9.17) is 26.2 Å². The Hall–Kier alpha value is -0.200. The third kappa shape index (κ3) is 3.13. The Morgan fingerprint density at radius 3 is 1.82 bits per heavy atom. The third-order valence-electron chi connectivity index (χ3n) is 1.48. The predicted molar refractivity (Wildman–Crippen MR) is 38.8 cm³/mol. The maximum atomic E-state index is 9.02. The minimum absolute atomic E-state index is 0.148. The van der Waals surface area contributed by atoms with Crippen LogP contribution in [0.25, 0.3) is 0 Å². The lowest BCUT2D eigenvalue weighted by atomic mass is 10.0. The first-order chi connectivity index (χ1) is 5.00. The zero-order chi connectivity index (χ0) is 9.02. The highest BCUT2D eigenvalue weighted by molar-refractivity contribution is 4.78. The van der Waals surface area contributed by atoms with Gasteiger partial charge < -0.3 is 26.2 Å². The topological polar surface area (TPSA) is 107 Å². The maximum absolute atomic E-state index is 9.02. The number of nitrogens with two attached hydrogens (primary N) is 1. The van der Waals surface area contributed by atoms with Crippen LogP contribution in [0, 0.1) is 0 Å². The number of aliphatic hydroxyl groups excluding tert-OH is 4. The molecule has 0 bridgehead atoms. The van der Waals surface area contributed by atoms with Crippen LogP contribution in [-0.2, 0) is 0 Å². The van der Waals surface area contributed by atoms with E-state index in [0.29, 0.717) is 0 Å². The number of hydrogen-bond acceptors (Lipinski definition) is 5. The van der Waals surface area contributed by atoms with E-state index < -0.39 is 24.4 Å². The Morgan fingerprint density at radius 2 is 1.55 bits per heavy atom. The van der Waals surface area contributed by atoms with E-state index in [1.807, 2.05) is 0 Å². The molecular formula is C6H15NO4. The Labute approximate surface area is 65.1 Å². The monoisotopic (exact) mass is 165 g/mol. The van der Waals surface area contributed by atoms with Crippen LogP contribution in [0.5, 0.6) is 0 Å². The van der Waals surface area contributed by atoms with Crippen LogP contribution in [0.1, 0.15) is 6.92 Å². The van der Waals surface area contributed by atoms with Gasteiger partial charge in [0.2, 0.25) is 0 Å². The molecule has 6 N–H and O–H groups in total. The Kier molecular flexibility index (Phi) is 4.55. The molecule has 11 heavy (non-hydrogen) atoms. The molecule has 0 aromatic carbocycles. The quantitative estimate of drug-likeness (QED) is 0.314. The summed E-state index contributed by atoms with van der Waals surface area (Å²) in [5.41, 5.74) is 5.01. The van der Waals surface area contributed by atoms with Crippen molar-refractivity contribution in [2.75, 3.05) is 6.54 Å². The molecule has 0 saturated carbocycles. The normalized spacial score (nSPS) is 22.4. The molecule has 0 rings (SSSR count). The van der Waals surface area contributed by atoms with Crippen LogP contribution in [0.3, 0.4) is 0 Å². The first-order valence-corrected chi connectivity index (χ1v) is 3.43. The molecule has 0 saturated heterocycles. The lowest BCUT2D eigenvalue weighted by molar-refractivity contribution is -0.0969. The third-order valence-corrected chi connectivity index (χ3v) is 1.48. The average molecular weight is 165 g/mol. The SMILES string of the molecule is C[C@H](O)[C@H](O)[C@@H](O)[C@@H](O)CN. The molecule has 0 aliphatic carbocycles. The second kappa shape index (κ2) is 4.63. The minimum Gasteiger partial charge on any atom is -0.391 e. The molecule has 0 heterocycles. The summed E-state index contributed by atoms with van der Waals surface area (Å²) in [6.45, 7) is 1.17. The summed E-state index contributed by atoms with van der Waals surface area (Å²) in [4.78, 5) is 0. The molecular weight excluding hydrogens is 150 g/mol. The molecule has 0 aromatic heterocycles. The van der Waals surface area contributed by atoms with Crippen molar-refractivity contribution in [3.05, 3.63) is 0 Å². The van der Waals surface area contributed by atoms with Gasteiger partial charge in [0.05, 0.1) is 12.2 Å². The van der Waals surface area contributed by atoms with Crippen molar-refractivity contribution in [1.29, 1.82) is 0 Å². The molecule has 0 amide bonds. The first-order valence-electron chi connectivity index (χ1n) is 3.43. The van der Waals surface area contributed by atoms with Gasteiger partial charge in [0.15, 0.2) is 0 Å². The van der Waals surface area contributed by atoms with Crippen molar-refractivity contribution in [1.82, 2.24) is 0 Å². The Morgan fingerprint density at radius 1 is 1.09 bits per heavy atom. The molecule has 0 unspecified atom stereocenters. The van der Waals surface area contributed by atoms with Crippen molar-refractivity contribution in [2.24, 2.45) is 5.73 Å². The van der Waals surface area contributed by atoms with Crippen LogP contribution in [0.4, 0.5) is 0 Å². The molecule has 4 atom stereocenters. The van der Waals surface area contributed by atoms with Gasteiger partial charge in [0.1, 0.15) is 12.2 Å². The van der Waals surface area contributed by atoms with E-state index >= 15 is 0 Å². The van der Waals surface area contributed by atoms with Crippen molar-refractivity contribution in [3.8, 4) is 0 Å². The number of aliphatic hydroxyl groups is 4. The number of rotatable bonds is 4. The summed E-state index contributed by atoms with van der Waals surface area (Å²) in [6, 6.07) is 0. The van der Waals surface area contributed by atoms with E-state index in [-0.39, 0.29) is 6.54 Å². The van der Waals surface area contributed by atoms with Gasteiger partial charge in [0, 0.05) is 6.54 Å². The molecule has 0 spiro atoms. The van der Waals surface area contributed by atoms with Crippen molar-refractivity contribution < 1.29 is 20.4 Å². The highest BCUT2D eigenvalue weighted by Crippen LogP contribution is 2.03. The molecule has 68 valence electrons. The summed E-state index contributed by atoms with van der Waals surface area (Å²) in [6.07, 6.45) is -5.01. The Balaban J connectivity index is 3.90. The van der Waals surface area contributed by atoms with E-state index in [9.17, 15) is 0 Å². The summed E-state index contributed by atoms with van der Waals surface area (Å²) in [5.74, 6) is 0. The van der Waals surface area contributed by atoms with Crippen LogP contribution >= 0.6 is 0 Å². The lowest BCUT2D eigenvalue weighted by Crippen LogP contribution is -2.46. The van der Waals surface area contributed by atoms with Crippen LogP contribution in [0.2, 0.25) is 0 Å². The summed E-state index contributed by atoms with van der Waals surface area (Å²) < 4.78 is 0. The van der Waals surface area contributed by atoms with Gasteiger partial charge in [-0.25, -0.2) is 0 Å². The van der Waals surface area contributed by atoms with Gasteiger partial charge in [-0.2, -0.15) is 0 Å². The largest absolute Gasteiger partial charge is 0.391 e. The molecule has 0 fully saturated rings.